The topological polar surface area (TPSA) is 17.1 Å². The van der Waals surface area contributed by atoms with Gasteiger partial charge in [0.25, 0.3) is 0 Å². The van der Waals surface area contributed by atoms with Gasteiger partial charge in [-0.15, -0.1) is 36.2 Å². The molecule has 0 radical (unpaired) electrons. The Morgan fingerprint density at radius 1 is 1.44 bits per heavy atom. The smallest absolute Gasteiger partial charge is 0.102 e. The molecular weight excluding hydrogens is 198 g/mol. The third-order valence-electron chi connectivity index (χ3n) is 0.659. The summed E-state index contributed by atoms with van der Waals surface area (Å²) in [4.78, 5) is 0. The van der Waals surface area contributed by atoms with Gasteiger partial charge >= 0.3 is 0 Å². The van der Waals surface area contributed by atoms with Gasteiger partial charge in [-0.05, 0) is 11.4 Å². The van der Waals surface area contributed by atoms with Crippen LogP contribution in [0.1, 0.15) is 0 Å². The average molecular weight is 205 g/mol. The summed E-state index contributed by atoms with van der Waals surface area (Å²) in [5, 5.41) is 1.93. The van der Waals surface area contributed by atoms with E-state index in [0.717, 1.165) is 4.62 Å². The van der Waals surface area contributed by atoms with Gasteiger partial charge < -0.3 is 4.57 Å². The minimum atomic E-state index is -0.688. The van der Waals surface area contributed by atoms with Crippen LogP contribution in [0, 0.1) is 0 Å². The van der Waals surface area contributed by atoms with Crippen molar-refractivity contribution >= 4 is 49.2 Å². The third kappa shape index (κ3) is 3.99. The molecule has 0 saturated heterocycles. The molecule has 1 atom stereocenters. The summed E-state index contributed by atoms with van der Waals surface area (Å²) >= 11 is 1.55. The highest BCUT2D eigenvalue weighted by molar-refractivity contribution is 7.46. The summed E-state index contributed by atoms with van der Waals surface area (Å²) < 4.78 is 11.1. The number of halogens is 2. The molecular formula is C4H7Cl2OPS. The van der Waals surface area contributed by atoms with E-state index in [1.807, 2.05) is 17.5 Å². The lowest BCUT2D eigenvalue weighted by molar-refractivity contribution is 0.603. The van der Waals surface area contributed by atoms with Crippen molar-refractivity contribution in [3.8, 4) is 0 Å². The van der Waals surface area contributed by atoms with Crippen LogP contribution in [0.4, 0.5) is 0 Å². The van der Waals surface area contributed by atoms with Crippen molar-refractivity contribution < 1.29 is 4.57 Å². The molecule has 0 N–H and O–H groups in total. The zero-order valence-electron chi connectivity index (χ0n) is 4.44. The van der Waals surface area contributed by atoms with Crippen LogP contribution in [-0.4, -0.2) is 0 Å². The number of hydrogen-bond donors (Lipinski definition) is 0. The van der Waals surface area contributed by atoms with Crippen LogP contribution in [-0.2, 0) is 4.57 Å². The lowest BCUT2D eigenvalue weighted by Crippen LogP contribution is -1.72. The maximum atomic E-state index is 10.1. The summed E-state index contributed by atoms with van der Waals surface area (Å²) in [5.41, 5.74) is 0. The van der Waals surface area contributed by atoms with Gasteiger partial charge in [0.2, 0.25) is 0 Å². The van der Waals surface area contributed by atoms with Crippen LogP contribution in [0.2, 0.25) is 0 Å². The van der Waals surface area contributed by atoms with Gasteiger partial charge in [-0.1, -0.05) is 6.07 Å². The summed E-state index contributed by atoms with van der Waals surface area (Å²) in [6.07, 6.45) is 0. The summed E-state index contributed by atoms with van der Waals surface area (Å²) in [6.45, 7) is 0. The predicted molar refractivity (Wildman–Crippen MR) is 48.8 cm³/mol. The van der Waals surface area contributed by atoms with Crippen molar-refractivity contribution in [2.45, 2.75) is 0 Å². The first-order valence-corrected chi connectivity index (χ1v) is 3.85. The second-order valence-electron chi connectivity index (χ2n) is 1.13. The molecule has 0 fully saturated rings. The minimum Gasteiger partial charge on any atom is -0.324 e. The zero-order valence-corrected chi connectivity index (χ0v) is 8.05. The predicted octanol–water partition coefficient (Wildman–Crippen LogP) is 1.97. The van der Waals surface area contributed by atoms with E-state index in [2.05, 4.69) is 0 Å². The Morgan fingerprint density at radius 2 is 2.11 bits per heavy atom. The molecule has 0 saturated carbocycles. The molecule has 0 aliphatic heterocycles. The second-order valence-corrected chi connectivity index (χ2v) is 3.39. The van der Waals surface area contributed by atoms with E-state index in [9.17, 15) is 4.57 Å². The minimum absolute atomic E-state index is 0. The third-order valence-corrected chi connectivity index (χ3v) is 2.48. The Morgan fingerprint density at radius 3 is 2.33 bits per heavy atom. The van der Waals surface area contributed by atoms with Crippen molar-refractivity contribution in [1.82, 2.24) is 0 Å². The molecule has 0 aromatic carbocycles. The maximum Gasteiger partial charge on any atom is 0.102 e. The van der Waals surface area contributed by atoms with E-state index in [4.69, 9.17) is 0 Å². The quantitative estimate of drug-likeness (QED) is 0.640. The molecule has 1 heterocycles. The Balaban J connectivity index is 0. The Bertz CT molecular complexity index is 154. The number of hydrogen-bond acceptors (Lipinski definition) is 2. The molecule has 5 heteroatoms. The van der Waals surface area contributed by atoms with Crippen LogP contribution >= 0.6 is 44.6 Å². The van der Waals surface area contributed by atoms with Crippen LogP contribution in [0.5, 0.6) is 0 Å². The molecule has 1 aromatic heterocycles. The van der Waals surface area contributed by atoms with E-state index in [0.29, 0.717) is 0 Å². The van der Waals surface area contributed by atoms with Gasteiger partial charge in [0.05, 0.1) is 4.62 Å². The monoisotopic (exact) mass is 204 g/mol. The lowest BCUT2D eigenvalue weighted by Gasteiger charge is -1.67. The van der Waals surface area contributed by atoms with E-state index in [1.165, 1.54) is 0 Å². The molecule has 0 amide bonds. The van der Waals surface area contributed by atoms with Gasteiger partial charge in [0, 0.05) is 0 Å². The first kappa shape index (κ1) is 12.2. The van der Waals surface area contributed by atoms with Crippen molar-refractivity contribution in [2.75, 3.05) is 0 Å². The first-order valence-electron chi connectivity index (χ1n) is 1.92. The number of rotatable bonds is 1. The fraction of sp³-hybridized carbons (Fsp3) is 0. The summed E-state index contributed by atoms with van der Waals surface area (Å²) in [7, 11) is -0.688. The largest absolute Gasteiger partial charge is 0.324 e. The Hall–Kier alpha value is 0.510. The number of thiophene rings is 1. The van der Waals surface area contributed by atoms with Gasteiger partial charge in [0.1, 0.15) is 8.46 Å². The molecule has 0 aliphatic rings. The van der Waals surface area contributed by atoms with E-state index >= 15 is 0 Å². The first-order chi connectivity index (χ1) is 3.43. The van der Waals surface area contributed by atoms with E-state index < -0.39 is 8.46 Å². The zero-order chi connectivity index (χ0) is 5.11. The van der Waals surface area contributed by atoms with Gasteiger partial charge in [-0.3, -0.25) is 0 Å². The van der Waals surface area contributed by atoms with Crippen molar-refractivity contribution in [1.29, 1.82) is 0 Å². The second kappa shape index (κ2) is 6.63. The van der Waals surface area contributed by atoms with Gasteiger partial charge in [0.15, 0.2) is 0 Å². The van der Waals surface area contributed by atoms with E-state index in [-0.39, 0.29) is 24.8 Å². The molecule has 1 unspecified atom stereocenters. The normalized spacial score (nSPS) is 8.44. The highest BCUT2D eigenvalue weighted by atomic mass is 35.5. The fourth-order valence-electron chi connectivity index (χ4n) is 0.358. The van der Waals surface area contributed by atoms with Gasteiger partial charge in [-0.25, -0.2) is 0 Å². The summed E-state index contributed by atoms with van der Waals surface area (Å²) in [5.74, 6) is 0. The van der Waals surface area contributed by atoms with Crippen LogP contribution in [0.15, 0.2) is 17.5 Å². The van der Waals surface area contributed by atoms with Gasteiger partial charge in [-0.2, -0.15) is 0 Å². The Labute approximate surface area is 71.5 Å². The lowest BCUT2D eigenvalue weighted by atomic mass is 10.7. The summed E-state index contributed by atoms with van der Waals surface area (Å²) in [6, 6.07) is 3.79. The average Bonchev–Trinajstić information content (AvgIpc) is 2.14. The van der Waals surface area contributed by atoms with Crippen molar-refractivity contribution in [2.24, 2.45) is 0 Å². The SMILES string of the molecule is Cl.Cl.O=[PH2]c1cccs1. The maximum absolute atomic E-state index is 10.1. The Kier molecular flexibility index (Phi) is 8.99. The standard InChI is InChI=1S/C4H5OPS.2ClH/c5-6-4-2-1-3-7-4;;/h1-3H,6H2;2*1H. The van der Waals surface area contributed by atoms with Crippen molar-refractivity contribution in [3.05, 3.63) is 17.5 Å². The van der Waals surface area contributed by atoms with Crippen LogP contribution in [0.3, 0.4) is 0 Å². The molecule has 0 aliphatic carbocycles. The van der Waals surface area contributed by atoms with E-state index in [1.54, 1.807) is 11.3 Å². The fourth-order valence-corrected chi connectivity index (χ4v) is 1.48. The molecule has 0 bridgehead atoms. The molecule has 0 spiro atoms. The molecule has 1 aromatic rings. The highest BCUT2D eigenvalue weighted by Crippen LogP contribution is 2.01. The molecule has 1 nitrogen and oxygen atoms in total. The van der Waals surface area contributed by atoms with Crippen LogP contribution < -0.4 is 4.62 Å². The van der Waals surface area contributed by atoms with Crippen molar-refractivity contribution in [3.63, 3.8) is 0 Å². The highest BCUT2D eigenvalue weighted by Gasteiger charge is 1.81. The molecule has 54 valence electrons. The molecule has 1 rings (SSSR count). The molecule has 9 heavy (non-hydrogen) atoms. The van der Waals surface area contributed by atoms with Crippen LogP contribution in [0.25, 0.3) is 0 Å².